The molecule has 0 aliphatic carbocycles. The summed E-state index contributed by atoms with van der Waals surface area (Å²) >= 11 is 6.02. The Kier molecular flexibility index (Phi) is 4.74. The number of aromatic nitrogens is 4. The third kappa shape index (κ3) is 3.35. The molecule has 0 fully saturated rings. The van der Waals surface area contributed by atoms with Gasteiger partial charge in [-0.1, -0.05) is 17.7 Å². The van der Waals surface area contributed by atoms with Gasteiger partial charge in [0.1, 0.15) is 29.3 Å². The molecule has 4 rings (SSSR count). The lowest BCUT2D eigenvalue weighted by molar-refractivity contribution is 0.488. The van der Waals surface area contributed by atoms with Crippen LogP contribution in [0.4, 0.5) is 5.82 Å². The number of fused-ring (bicyclic) bond motifs is 1. The van der Waals surface area contributed by atoms with Crippen molar-refractivity contribution in [3.05, 3.63) is 60.1 Å². The number of nitrogens with one attached hydrogen (secondary N) is 1. The number of aromatic amines is 1. The summed E-state index contributed by atoms with van der Waals surface area (Å²) in [6, 6.07) is 10.7. The zero-order chi connectivity index (χ0) is 16.5. The highest BCUT2D eigenvalue weighted by Crippen LogP contribution is 2.36. The van der Waals surface area contributed by atoms with Crippen LogP contribution in [0, 0.1) is 0 Å². The Bertz CT molecular complexity index is 1030. The van der Waals surface area contributed by atoms with Crippen LogP contribution >= 0.6 is 24.0 Å². The largest absolute Gasteiger partial charge is 0.456 e. The van der Waals surface area contributed by atoms with E-state index in [4.69, 9.17) is 22.1 Å². The molecule has 0 amide bonds. The highest BCUT2D eigenvalue weighted by atomic mass is 35.5. The topological polar surface area (TPSA) is 89.7 Å². The Labute approximate surface area is 154 Å². The maximum absolute atomic E-state index is 6.02. The molecule has 0 radical (unpaired) electrons. The number of anilines is 1. The molecule has 8 heteroatoms. The summed E-state index contributed by atoms with van der Waals surface area (Å²) in [4.78, 5) is 15.7. The first-order valence-corrected chi connectivity index (χ1v) is 7.56. The zero-order valence-corrected chi connectivity index (χ0v) is 14.4. The van der Waals surface area contributed by atoms with Gasteiger partial charge in [0.05, 0.1) is 11.1 Å². The molecule has 126 valence electrons. The van der Waals surface area contributed by atoms with Crippen LogP contribution < -0.4 is 10.5 Å². The second-order valence-electron chi connectivity index (χ2n) is 5.12. The maximum Gasteiger partial charge on any atom is 0.141 e. The van der Waals surface area contributed by atoms with Crippen molar-refractivity contribution in [2.75, 3.05) is 5.73 Å². The van der Waals surface area contributed by atoms with Crippen molar-refractivity contribution in [1.29, 1.82) is 0 Å². The minimum atomic E-state index is 0. The van der Waals surface area contributed by atoms with Crippen LogP contribution in [0.5, 0.6) is 11.5 Å². The van der Waals surface area contributed by atoms with E-state index in [1.165, 1.54) is 6.33 Å². The molecule has 0 saturated heterocycles. The summed E-state index contributed by atoms with van der Waals surface area (Å²) in [5.41, 5.74) is 7.99. The Morgan fingerprint density at radius 2 is 1.96 bits per heavy atom. The first kappa shape index (κ1) is 17.0. The minimum absolute atomic E-state index is 0. The Hall–Kier alpha value is -2.83. The highest BCUT2D eigenvalue weighted by molar-refractivity contribution is 6.30. The second-order valence-corrected chi connectivity index (χ2v) is 5.56. The summed E-state index contributed by atoms with van der Waals surface area (Å²) in [5.74, 6) is 1.69. The smallest absolute Gasteiger partial charge is 0.141 e. The zero-order valence-electron chi connectivity index (χ0n) is 12.8. The van der Waals surface area contributed by atoms with Crippen LogP contribution in [0.3, 0.4) is 0 Å². The molecule has 3 heterocycles. The van der Waals surface area contributed by atoms with Crippen molar-refractivity contribution in [3.63, 3.8) is 0 Å². The van der Waals surface area contributed by atoms with Gasteiger partial charge < -0.3 is 15.5 Å². The molecular weight excluding hydrogens is 361 g/mol. The summed E-state index contributed by atoms with van der Waals surface area (Å²) in [7, 11) is 0. The van der Waals surface area contributed by atoms with Crippen molar-refractivity contribution in [1.82, 2.24) is 19.9 Å². The summed E-state index contributed by atoms with van der Waals surface area (Å²) < 4.78 is 6.00. The number of nitrogens with two attached hydrogens (primary N) is 1. The average molecular weight is 374 g/mol. The lowest BCUT2D eigenvalue weighted by Crippen LogP contribution is -1.93. The fourth-order valence-electron chi connectivity index (χ4n) is 2.49. The molecule has 3 N–H and O–H groups in total. The molecule has 0 unspecified atom stereocenters. The van der Waals surface area contributed by atoms with Gasteiger partial charge >= 0.3 is 0 Å². The van der Waals surface area contributed by atoms with Gasteiger partial charge in [-0.3, -0.25) is 0 Å². The van der Waals surface area contributed by atoms with Gasteiger partial charge in [0, 0.05) is 29.0 Å². The number of nitrogen functional groups attached to an aromatic ring is 1. The molecular formula is C17H13Cl2N5O. The lowest BCUT2D eigenvalue weighted by atomic mass is 10.1. The number of hydrogen-bond acceptors (Lipinski definition) is 5. The Morgan fingerprint density at radius 3 is 2.76 bits per heavy atom. The first-order chi connectivity index (χ1) is 11.7. The molecule has 6 nitrogen and oxygen atoms in total. The number of pyridine rings is 1. The summed E-state index contributed by atoms with van der Waals surface area (Å²) in [6.07, 6.45) is 4.93. The maximum atomic E-state index is 6.02. The SMILES string of the molecule is Cl.Nc1cc(-c2c[nH]c3nccc(Oc4cccc(Cl)c4)c23)ncn1. The lowest BCUT2D eigenvalue weighted by Gasteiger charge is -2.08. The van der Waals surface area contributed by atoms with E-state index in [9.17, 15) is 0 Å². The number of nitrogens with zero attached hydrogens (tertiary/aromatic N) is 3. The first-order valence-electron chi connectivity index (χ1n) is 7.18. The number of H-pyrrole nitrogens is 1. The van der Waals surface area contributed by atoms with Crippen molar-refractivity contribution < 1.29 is 4.74 Å². The predicted octanol–water partition coefficient (Wildman–Crippen LogP) is 4.47. The van der Waals surface area contributed by atoms with Crippen molar-refractivity contribution in [2.24, 2.45) is 0 Å². The molecule has 0 aliphatic heterocycles. The predicted molar refractivity (Wildman–Crippen MR) is 100 cm³/mol. The molecule has 0 bridgehead atoms. The monoisotopic (exact) mass is 373 g/mol. The van der Waals surface area contributed by atoms with Gasteiger partial charge in [-0.05, 0) is 24.3 Å². The van der Waals surface area contributed by atoms with E-state index >= 15 is 0 Å². The Morgan fingerprint density at radius 1 is 1.08 bits per heavy atom. The van der Waals surface area contributed by atoms with E-state index in [1.807, 2.05) is 18.3 Å². The van der Waals surface area contributed by atoms with Gasteiger partial charge in [-0.25, -0.2) is 15.0 Å². The fraction of sp³-hybridized carbons (Fsp3) is 0. The number of hydrogen-bond donors (Lipinski definition) is 2. The van der Waals surface area contributed by atoms with Crippen LogP contribution in [0.15, 0.2) is 55.1 Å². The number of halogens is 2. The number of ether oxygens (including phenoxy) is 1. The van der Waals surface area contributed by atoms with Gasteiger partial charge in [-0.15, -0.1) is 12.4 Å². The molecule has 25 heavy (non-hydrogen) atoms. The van der Waals surface area contributed by atoms with E-state index in [0.717, 1.165) is 10.9 Å². The van der Waals surface area contributed by atoms with E-state index in [2.05, 4.69) is 19.9 Å². The van der Waals surface area contributed by atoms with Crippen molar-refractivity contribution >= 4 is 40.9 Å². The van der Waals surface area contributed by atoms with E-state index in [1.54, 1.807) is 30.5 Å². The molecule has 0 aliphatic rings. The van der Waals surface area contributed by atoms with E-state index < -0.39 is 0 Å². The van der Waals surface area contributed by atoms with Crippen LogP contribution in [0.1, 0.15) is 0 Å². The number of rotatable bonds is 3. The standard InChI is InChI=1S/C17H12ClN5O.ClH/c18-10-2-1-3-11(6-10)24-14-4-5-20-17-16(14)12(8-21-17)13-7-15(19)23-9-22-13;/h1-9H,(H,20,21)(H2,19,22,23);1H. The molecule has 0 atom stereocenters. The Balaban J connectivity index is 0.00000182. The highest BCUT2D eigenvalue weighted by Gasteiger charge is 2.14. The van der Waals surface area contributed by atoms with Crippen LogP contribution in [-0.2, 0) is 0 Å². The van der Waals surface area contributed by atoms with Gasteiger partial charge in [0.15, 0.2) is 0 Å². The van der Waals surface area contributed by atoms with Crippen molar-refractivity contribution in [3.8, 4) is 22.8 Å². The van der Waals surface area contributed by atoms with Gasteiger partial charge in [-0.2, -0.15) is 0 Å². The third-order valence-electron chi connectivity index (χ3n) is 3.52. The average Bonchev–Trinajstić information content (AvgIpc) is 3.00. The van der Waals surface area contributed by atoms with E-state index in [0.29, 0.717) is 33.7 Å². The fourth-order valence-corrected chi connectivity index (χ4v) is 2.67. The van der Waals surface area contributed by atoms with Gasteiger partial charge in [0.2, 0.25) is 0 Å². The molecule has 1 aromatic carbocycles. The molecule has 0 spiro atoms. The minimum Gasteiger partial charge on any atom is -0.456 e. The van der Waals surface area contributed by atoms with Crippen LogP contribution in [0.25, 0.3) is 22.3 Å². The van der Waals surface area contributed by atoms with Crippen LogP contribution in [-0.4, -0.2) is 19.9 Å². The number of benzene rings is 1. The molecule has 3 aromatic heterocycles. The van der Waals surface area contributed by atoms with Gasteiger partial charge in [0.25, 0.3) is 0 Å². The molecule has 0 saturated carbocycles. The normalized spacial score (nSPS) is 10.4. The summed E-state index contributed by atoms with van der Waals surface area (Å²) in [5, 5.41) is 1.42. The third-order valence-corrected chi connectivity index (χ3v) is 3.76. The van der Waals surface area contributed by atoms with Crippen molar-refractivity contribution in [2.45, 2.75) is 0 Å². The quantitative estimate of drug-likeness (QED) is 0.552. The molecule has 4 aromatic rings. The van der Waals surface area contributed by atoms with Crippen LogP contribution in [0.2, 0.25) is 5.02 Å². The second kappa shape index (κ2) is 6.96. The van der Waals surface area contributed by atoms with E-state index in [-0.39, 0.29) is 12.4 Å². The summed E-state index contributed by atoms with van der Waals surface area (Å²) in [6.45, 7) is 0.